The summed E-state index contributed by atoms with van der Waals surface area (Å²) >= 11 is 0. The molecule has 2 unspecified atom stereocenters. The van der Waals surface area contributed by atoms with Gasteiger partial charge in [0.25, 0.3) is 0 Å². The zero-order valence-corrected chi connectivity index (χ0v) is 36.4. The van der Waals surface area contributed by atoms with E-state index in [1.54, 1.807) is 6.08 Å². The molecule has 0 bridgehead atoms. The van der Waals surface area contributed by atoms with Crippen LogP contribution in [0.15, 0.2) is 109 Å². The summed E-state index contributed by atoms with van der Waals surface area (Å²) in [6.07, 6.45) is 70.6. The van der Waals surface area contributed by atoms with E-state index in [0.29, 0.717) is 6.42 Å². The number of carbonyl (C=O) groups excluding carboxylic acids is 1. The van der Waals surface area contributed by atoms with Crippen molar-refractivity contribution in [1.82, 2.24) is 5.32 Å². The van der Waals surface area contributed by atoms with E-state index in [1.165, 1.54) is 96.3 Å². The molecule has 0 heterocycles. The lowest BCUT2D eigenvalue weighted by Gasteiger charge is -2.19. The highest BCUT2D eigenvalue weighted by atomic mass is 16.3. The van der Waals surface area contributed by atoms with Gasteiger partial charge in [-0.1, -0.05) is 200 Å². The first kappa shape index (κ1) is 53.1. The van der Waals surface area contributed by atoms with E-state index in [1.807, 2.05) is 6.08 Å². The summed E-state index contributed by atoms with van der Waals surface area (Å²) in [6.45, 7) is 4.13. The molecule has 0 saturated heterocycles. The Kier molecular flexibility index (Phi) is 44.0. The van der Waals surface area contributed by atoms with E-state index in [9.17, 15) is 15.0 Å². The summed E-state index contributed by atoms with van der Waals surface area (Å²) in [5, 5.41) is 22.9. The minimum Gasteiger partial charge on any atom is -0.394 e. The summed E-state index contributed by atoms with van der Waals surface area (Å²) < 4.78 is 0. The van der Waals surface area contributed by atoms with Gasteiger partial charge in [-0.3, -0.25) is 4.79 Å². The molecule has 0 aromatic heterocycles. The lowest BCUT2D eigenvalue weighted by molar-refractivity contribution is -0.123. The van der Waals surface area contributed by atoms with Crippen LogP contribution in [0.5, 0.6) is 0 Å². The third kappa shape index (κ3) is 42.2. The van der Waals surface area contributed by atoms with Crippen LogP contribution >= 0.6 is 0 Å². The van der Waals surface area contributed by atoms with Crippen molar-refractivity contribution in [2.75, 3.05) is 6.61 Å². The standard InChI is InChI=1S/C52H87NO3/c1-3-5-7-9-11-13-15-17-18-19-20-21-22-23-24-25-26-27-28-29-30-31-32-33-34-36-38-40-42-44-46-48-52(56)53-50(49-54)51(55)47-45-43-41-39-37-35-16-14-12-10-8-6-4-2/h5,7,11-14,17-18,20-21,23-24,26-27,37,39,45,47,50-51,54-55H,3-4,6,8-10,15-16,19,22,25,28-36,38,40-44,46,48-49H2,1-2H3,(H,53,56)/b7-5-,13-11-,14-12+,18-17-,21-20-,24-23-,27-26-,39-37+,47-45+. The number of aliphatic hydroxyl groups excluding tert-OH is 2. The highest BCUT2D eigenvalue weighted by molar-refractivity contribution is 5.76. The van der Waals surface area contributed by atoms with Gasteiger partial charge in [0.15, 0.2) is 0 Å². The lowest BCUT2D eigenvalue weighted by Crippen LogP contribution is -2.45. The van der Waals surface area contributed by atoms with Crippen molar-refractivity contribution in [3.63, 3.8) is 0 Å². The fraction of sp³-hybridized carbons (Fsp3) is 0.635. The molecule has 0 fully saturated rings. The first-order valence-electron chi connectivity index (χ1n) is 23.1. The predicted octanol–water partition coefficient (Wildman–Crippen LogP) is 14.8. The second-order valence-corrected chi connectivity index (χ2v) is 15.1. The van der Waals surface area contributed by atoms with Gasteiger partial charge in [0.2, 0.25) is 5.91 Å². The van der Waals surface area contributed by atoms with Crippen LogP contribution in [-0.4, -0.2) is 34.9 Å². The number of nitrogens with one attached hydrogen (secondary N) is 1. The van der Waals surface area contributed by atoms with E-state index >= 15 is 0 Å². The molecule has 56 heavy (non-hydrogen) atoms. The normalized spacial score (nSPS) is 14.0. The van der Waals surface area contributed by atoms with Crippen LogP contribution in [-0.2, 0) is 4.79 Å². The molecular formula is C52H87NO3. The number of rotatable bonds is 40. The Balaban J connectivity index is 3.61. The van der Waals surface area contributed by atoms with Gasteiger partial charge >= 0.3 is 0 Å². The summed E-state index contributed by atoms with van der Waals surface area (Å²) in [7, 11) is 0. The van der Waals surface area contributed by atoms with Gasteiger partial charge < -0.3 is 15.5 Å². The fourth-order valence-electron chi connectivity index (χ4n) is 6.21. The van der Waals surface area contributed by atoms with Crippen LogP contribution in [0.3, 0.4) is 0 Å². The fourth-order valence-corrected chi connectivity index (χ4v) is 6.21. The van der Waals surface area contributed by atoms with E-state index in [0.717, 1.165) is 77.0 Å². The van der Waals surface area contributed by atoms with E-state index < -0.39 is 12.1 Å². The van der Waals surface area contributed by atoms with Crippen molar-refractivity contribution in [2.24, 2.45) is 0 Å². The van der Waals surface area contributed by atoms with E-state index in [2.05, 4.69) is 116 Å². The molecule has 0 saturated carbocycles. The average molecular weight is 774 g/mol. The first-order chi connectivity index (χ1) is 27.7. The molecule has 0 rings (SSSR count). The molecule has 0 aliphatic rings. The molecule has 0 aliphatic heterocycles. The maximum atomic E-state index is 12.4. The van der Waals surface area contributed by atoms with Crippen molar-refractivity contribution in [3.05, 3.63) is 109 Å². The van der Waals surface area contributed by atoms with Crippen molar-refractivity contribution in [1.29, 1.82) is 0 Å². The Morgan fingerprint density at radius 3 is 1.25 bits per heavy atom. The Morgan fingerprint density at radius 1 is 0.446 bits per heavy atom. The zero-order chi connectivity index (χ0) is 40.7. The Bertz CT molecular complexity index is 1110. The molecular weight excluding hydrogens is 687 g/mol. The van der Waals surface area contributed by atoms with Gasteiger partial charge in [-0.05, 0) is 96.3 Å². The number of unbranched alkanes of at least 4 members (excludes halogenated alkanes) is 17. The summed E-state index contributed by atoms with van der Waals surface area (Å²) in [4.78, 5) is 12.4. The maximum Gasteiger partial charge on any atom is 0.220 e. The van der Waals surface area contributed by atoms with E-state index in [4.69, 9.17) is 0 Å². The number of amides is 1. The molecule has 4 heteroatoms. The third-order valence-corrected chi connectivity index (χ3v) is 9.72. The lowest BCUT2D eigenvalue weighted by atomic mass is 10.0. The van der Waals surface area contributed by atoms with Crippen molar-refractivity contribution in [2.45, 2.75) is 206 Å². The van der Waals surface area contributed by atoms with Crippen LogP contribution in [0.4, 0.5) is 0 Å². The second kappa shape index (κ2) is 46.4. The number of carbonyl (C=O) groups is 1. The third-order valence-electron chi connectivity index (χ3n) is 9.72. The van der Waals surface area contributed by atoms with Crippen LogP contribution in [0.2, 0.25) is 0 Å². The molecule has 0 aliphatic carbocycles. The molecule has 0 aromatic carbocycles. The SMILES string of the molecule is CC/C=C\C/C=C\C/C=C\C/C=C\C/C=C\C/C=C\CCCCCCCCCCCCCCC(=O)NC(CO)C(O)/C=C/CC/C=C/CC/C=C/CCCCC. The highest BCUT2D eigenvalue weighted by Crippen LogP contribution is 2.13. The quantitative estimate of drug-likeness (QED) is 0.0429. The molecule has 0 spiro atoms. The van der Waals surface area contributed by atoms with E-state index in [-0.39, 0.29) is 12.5 Å². The molecule has 3 N–H and O–H groups in total. The second-order valence-electron chi connectivity index (χ2n) is 15.1. The number of hydrogen-bond donors (Lipinski definition) is 3. The number of allylic oxidation sites excluding steroid dienone is 17. The Morgan fingerprint density at radius 2 is 0.804 bits per heavy atom. The molecule has 0 radical (unpaired) electrons. The molecule has 4 nitrogen and oxygen atoms in total. The molecule has 318 valence electrons. The number of aliphatic hydroxyl groups is 2. The molecule has 0 aromatic rings. The minimum atomic E-state index is -0.876. The summed E-state index contributed by atoms with van der Waals surface area (Å²) in [5.74, 6) is -0.0868. The summed E-state index contributed by atoms with van der Waals surface area (Å²) in [6, 6.07) is -0.652. The average Bonchev–Trinajstić information content (AvgIpc) is 3.20. The monoisotopic (exact) mass is 774 g/mol. The van der Waals surface area contributed by atoms with Crippen LogP contribution in [0.1, 0.15) is 194 Å². The number of hydrogen-bond acceptors (Lipinski definition) is 3. The van der Waals surface area contributed by atoms with Gasteiger partial charge in [0.1, 0.15) is 0 Å². The largest absolute Gasteiger partial charge is 0.394 e. The van der Waals surface area contributed by atoms with Gasteiger partial charge in [-0.2, -0.15) is 0 Å². The van der Waals surface area contributed by atoms with Gasteiger partial charge in [-0.25, -0.2) is 0 Å². The molecule has 1 amide bonds. The maximum absolute atomic E-state index is 12.4. The Hall–Kier alpha value is -2.95. The minimum absolute atomic E-state index is 0.0868. The van der Waals surface area contributed by atoms with Crippen LogP contribution < -0.4 is 5.32 Å². The summed E-state index contributed by atoms with van der Waals surface area (Å²) in [5.41, 5.74) is 0. The van der Waals surface area contributed by atoms with Crippen molar-refractivity contribution < 1.29 is 15.0 Å². The predicted molar refractivity (Wildman–Crippen MR) is 248 cm³/mol. The van der Waals surface area contributed by atoms with Crippen LogP contribution in [0, 0.1) is 0 Å². The smallest absolute Gasteiger partial charge is 0.220 e. The van der Waals surface area contributed by atoms with Crippen LogP contribution in [0.25, 0.3) is 0 Å². The zero-order valence-electron chi connectivity index (χ0n) is 36.4. The Labute approximate surface area is 346 Å². The highest BCUT2D eigenvalue weighted by Gasteiger charge is 2.17. The van der Waals surface area contributed by atoms with Crippen molar-refractivity contribution >= 4 is 5.91 Å². The van der Waals surface area contributed by atoms with Crippen molar-refractivity contribution in [3.8, 4) is 0 Å². The van der Waals surface area contributed by atoms with Gasteiger partial charge in [0, 0.05) is 6.42 Å². The topological polar surface area (TPSA) is 69.6 Å². The molecule has 2 atom stereocenters. The first-order valence-corrected chi connectivity index (χ1v) is 23.1. The van der Waals surface area contributed by atoms with Gasteiger partial charge in [0.05, 0.1) is 18.8 Å². The van der Waals surface area contributed by atoms with Gasteiger partial charge in [-0.15, -0.1) is 0 Å².